The molecule has 1 nitrogen and oxygen atoms in total. The van der Waals surface area contributed by atoms with E-state index < -0.39 is 0 Å². The van der Waals surface area contributed by atoms with Gasteiger partial charge in [-0.1, -0.05) is 37.6 Å². The Kier molecular flexibility index (Phi) is 7.32. The van der Waals surface area contributed by atoms with Gasteiger partial charge in [0.15, 0.2) is 0 Å². The van der Waals surface area contributed by atoms with Gasteiger partial charge in [-0.3, -0.25) is 4.79 Å². The number of carbonyl (C=O) groups is 1. The molecule has 1 aromatic carbocycles. The summed E-state index contributed by atoms with van der Waals surface area (Å²) in [5.74, 6) is 0.343. The highest BCUT2D eigenvalue weighted by atomic mass is 35.5. The molecule has 0 saturated carbocycles. The zero-order valence-corrected chi connectivity index (χ0v) is 8.77. The molecule has 0 aromatic heterocycles. The SMILES string of the molecule is CCC(=O)CC.Clc1cc[c]cc1. The van der Waals surface area contributed by atoms with Crippen LogP contribution in [0, 0.1) is 6.07 Å². The van der Waals surface area contributed by atoms with Crippen molar-refractivity contribution in [2.24, 2.45) is 0 Å². The molecule has 0 aliphatic carbocycles. The van der Waals surface area contributed by atoms with Crippen molar-refractivity contribution in [3.8, 4) is 0 Å². The second-order valence-electron chi connectivity index (χ2n) is 2.46. The van der Waals surface area contributed by atoms with Gasteiger partial charge in [0.1, 0.15) is 5.78 Å². The van der Waals surface area contributed by atoms with E-state index in [-0.39, 0.29) is 0 Å². The molecule has 13 heavy (non-hydrogen) atoms. The minimum absolute atomic E-state index is 0.343. The highest BCUT2D eigenvalue weighted by Gasteiger charge is 1.86. The highest BCUT2D eigenvalue weighted by molar-refractivity contribution is 6.30. The van der Waals surface area contributed by atoms with Gasteiger partial charge in [-0.05, 0) is 18.2 Å². The summed E-state index contributed by atoms with van der Waals surface area (Å²) in [6.07, 6.45) is 1.38. The zero-order chi connectivity index (χ0) is 10.1. The number of carbonyl (C=O) groups excluding carboxylic acids is 1. The largest absolute Gasteiger partial charge is 0.300 e. The molecule has 0 fully saturated rings. The molecule has 71 valence electrons. The lowest BCUT2D eigenvalue weighted by atomic mass is 10.3. The van der Waals surface area contributed by atoms with Crippen LogP contribution in [0.15, 0.2) is 24.3 Å². The van der Waals surface area contributed by atoms with Crippen molar-refractivity contribution in [3.63, 3.8) is 0 Å². The van der Waals surface area contributed by atoms with Crippen LogP contribution >= 0.6 is 11.6 Å². The van der Waals surface area contributed by atoms with Gasteiger partial charge in [0.25, 0.3) is 0 Å². The van der Waals surface area contributed by atoms with Crippen LogP contribution in [0.2, 0.25) is 5.02 Å². The van der Waals surface area contributed by atoms with Crippen LogP contribution in [0.4, 0.5) is 0 Å². The van der Waals surface area contributed by atoms with E-state index in [2.05, 4.69) is 6.07 Å². The topological polar surface area (TPSA) is 17.1 Å². The first-order valence-electron chi connectivity index (χ1n) is 4.34. The molecular formula is C11H14ClO. The number of rotatable bonds is 2. The highest BCUT2D eigenvalue weighted by Crippen LogP contribution is 2.03. The Labute approximate surface area is 84.7 Å². The molecular weight excluding hydrogens is 184 g/mol. The number of hydrogen-bond donors (Lipinski definition) is 0. The second kappa shape index (κ2) is 7.81. The summed E-state index contributed by atoms with van der Waals surface area (Å²) >= 11 is 5.52. The van der Waals surface area contributed by atoms with Crippen molar-refractivity contribution in [3.05, 3.63) is 35.4 Å². The second-order valence-corrected chi connectivity index (χ2v) is 2.90. The maximum atomic E-state index is 10.2. The fraction of sp³-hybridized carbons (Fsp3) is 0.364. The van der Waals surface area contributed by atoms with Gasteiger partial charge in [0.2, 0.25) is 0 Å². The molecule has 0 amide bonds. The molecule has 0 heterocycles. The molecule has 1 rings (SSSR count). The first kappa shape index (κ1) is 12.2. The van der Waals surface area contributed by atoms with Crippen molar-refractivity contribution >= 4 is 17.4 Å². The Bertz CT molecular complexity index is 225. The van der Waals surface area contributed by atoms with E-state index in [9.17, 15) is 4.79 Å². The molecule has 1 radical (unpaired) electrons. The summed E-state index contributed by atoms with van der Waals surface area (Å²) in [4.78, 5) is 10.2. The Hall–Kier alpha value is -0.820. The van der Waals surface area contributed by atoms with Crippen LogP contribution in [0.5, 0.6) is 0 Å². The van der Waals surface area contributed by atoms with Gasteiger partial charge in [0, 0.05) is 17.9 Å². The number of halogens is 1. The molecule has 0 aliphatic heterocycles. The van der Waals surface area contributed by atoms with E-state index in [0.717, 1.165) is 5.02 Å². The summed E-state index contributed by atoms with van der Waals surface area (Å²) in [5, 5.41) is 0.763. The number of ketones is 1. The van der Waals surface area contributed by atoms with Crippen LogP contribution in [0.1, 0.15) is 26.7 Å². The van der Waals surface area contributed by atoms with Gasteiger partial charge in [-0.2, -0.15) is 0 Å². The monoisotopic (exact) mass is 197 g/mol. The standard InChI is InChI=1S/C6H4Cl.C5H10O/c7-6-4-2-1-3-5-6;1-3-5(6)4-2/h2-5H;3-4H2,1-2H3. The predicted octanol–water partition coefficient (Wildman–Crippen LogP) is 3.52. The van der Waals surface area contributed by atoms with E-state index in [4.69, 9.17) is 11.6 Å². The first-order valence-corrected chi connectivity index (χ1v) is 4.71. The molecule has 0 saturated heterocycles. The average molecular weight is 198 g/mol. The number of hydrogen-bond acceptors (Lipinski definition) is 1. The van der Waals surface area contributed by atoms with Crippen LogP contribution in [0.3, 0.4) is 0 Å². The van der Waals surface area contributed by atoms with Gasteiger partial charge in [-0.15, -0.1) is 0 Å². The minimum atomic E-state index is 0.343. The average Bonchev–Trinajstić information content (AvgIpc) is 2.19. The fourth-order valence-corrected chi connectivity index (χ4v) is 0.743. The maximum Gasteiger partial charge on any atom is 0.132 e. The summed E-state index contributed by atoms with van der Waals surface area (Å²) in [6.45, 7) is 3.76. The van der Waals surface area contributed by atoms with Crippen molar-refractivity contribution in [2.45, 2.75) is 26.7 Å². The van der Waals surface area contributed by atoms with Crippen LogP contribution in [0.25, 0.3) is 0 Å². The van der Waals surface area contributed by atoms with E-state index in [1.807, 2.05) is 13.8 Å². The summed E-state index contributed by atoms with van der Waals surface area (Å²) in [7, 11) is 0. The van der Waals surface area contributed by atoms with Crippen molar-refractivity contribution in [2.75, 3.05) is 0 Å². The summed E-state index contributed by atoms with van der Waals surface area (Å²) in [5.41, 5.74) is 0. The first-order chi connectivity index (χ1) is 6.20. The third-order valence-electron chi connectivity index (χ3n) is 1.47. The van der Waals surface area contributed by atoms with Gasteiger partial charge in [0.05, 0.1) is 0 Å². The maximum absolute atomic E-state index is 10.2. The molecule has 0 bridgehead atoms. The lowest BCUT2D eigenvalue weighted by Crippen LogP contribution is -1.88. The number of Topliss-reactive ketones (excluding diaryl/α,β-unsaturated/α-hetero) is 1. The van der Waals surface area contributed by atoms with E-state index >= 15 is 0 Å². The van der Waals surface area contributed by atoms with Crippen molar-refractivity contribution < 1.29 is 4.79 Å². The molecule has 0 N–H and O–H groups in total. The van der Waals surface area contributed by atoms with Gasteiger partial charge >= 0.3 is 0 Å². The molecule has 1 aromatic rings. The lowest BCUT2D eigenvalue weighted by molar-refractivity contribution is -0.118. The quantitative estimate of drug-likeness (QED) is 0.709. The minimum Gasteiger partial charge on any atom is -0.300 e. The van der Waals surface area contributed by atoms with E-state index in [1.54, 1.807) is 24.3 Å². The predicted molar refractivity (Wildman–Crippen MR) is 55.9 cm³/mol. The third kappa shape index (κ3) is 7.54. The van der Waals surface area contributed by atoms with Gasteiger partial charge in [-0.25, -0.2) is 0 Å². The molecule has 0 atom stereocenters. The molecule has 0 aliphatic rings. The summed E-state index contributed by atoms with van der Waals surface area (Å²) < 4.78 is 0. The lowest BCUT2D eigenvalue weighted by Gasteiger charge is -1.81. The Balaban J connectivity index is 0.000000226. The molecule has 0 spiro atoms. The van der Waals surface area contributed by atoms with E-state index in [0.29, 0.717) is 18.6 Å². The summed E-state index contributed by atoms with van der Waals surface area (Å²) in [6, 6.07) is 10.00. The smallest absolute Gasteiger partial charge is 0.132 e. The van der Waals surface area contributed by atoms with E-state index in [1.165, 1.54) is 0 Å². The Morgan fingerprint density at radius 3 is 1.92 bits per heavy atom. The zero-order valence-electron chi connectivity index (χ0n) is 8.01. The van der Waals surface area contributed by atoms with Crippen molar-refractivity contribution in [1.82, 2.24) is 0 Å². The normalized spacial score (nSPS) is 8.54. The van der Waals surface area contributed by atoms with Crippen LogP contribution in [-0.2, 0) is 4.79 Å². The molecule has 2 heteroatoms. The third-order valence-corrected chi connectivity index (χ3v) is 1.72. The Morgan fingerprint density at radius 2 is 1.77 bits per heavy atom. The number of benzene rings is 1. The van der Waals surface area contributed by atoms with Crippen LogP contribution in [-0.4, -0.2) is 5.78 Å². The Morgan fingerprint density at radius 1 is 1.31 bits per heavy atom. The van der Waals surface area contributed by atoms with Crippen molar-refractivity contribution in [1.29, 1.82) is 0 Å². The fourth-order valence-electron chi connectivity index (χ4n) is 0.617. The van der Waals surface area contributed by atoms with Gasteiger partial charge < -0.3 is 0 Å². The van der Waals surface area contributed by atoms with Crippen LogP contribution < -0.4 is 0 Å². The molecule has 0 unspecified atom stereocenters.